The second kappa shape index (κ2) is 8.13. The van der Waals surface area contributed by atoms with Crippen LogP contribution in [0.15, 0.2) is 53.9 Å². The summed E-state index contributed by atoms with van der Waals surface area (Å²) in [5.41, 5.74) is 4.86. The van der Waals surface area contributed by atoms with E-state index in [0.717, 1.165) is 11.0 Å². The van der Waals surface area contributed by atoms with Crippen LogP contribution in [0, 0.1) is 0 Å². The summed E-state index contributed by atoms with van der Waals surface area (Å²) >= 11 is 0. The predicted octanol–water partition coefficient (Wildman–Crippen LogP) is 2.12. The van der Waals surface area contributed by atoms with Gasteiger partial charge in [0.1, 0.15) is 6.54 Å². The highest BCUT2D eigenvalue weighted by molar-refractivity contribution is 5.84. The Balaban J connectivity index is 1.63. The quantitative estimate of drug-likeness (QED) is 0.312. The molecule has 1 heterocycles. The fraction of sp³-hybridized carbons (Fsp3) is 0.158. The number of nitrogens with one attached hydrogen (secondary N) is 1. The monoisotopic (exact) mass is 366 g/mol. The number of hydrazone groups is 1. The van der Waals surface area contributed by atoms with Crippen LogP contribution >= 0.6 is 0 Å². The van der Waals surface area contributed by atoms with Gasteiger partial charge in [0.25, 0.3) is 5.91 Å². The third kappa shape index (κ3) is 4.49. The van der Waals surface area contributed by atoms with Crippen LogP contribution in [0.1, 0.15) is 12.5 Å². The molecule has 3 aromatic rings. The maximum atomic E-state index is 12.1. The second-order valence-corrected chi connectivity index (χ2v) is 5.66. The molecular formula is C19H18N4O4. The van der Waals surface area contributed by atoms with Crippen LogP contribution in [0.4, 0.5) is 0 Å². The molecule has 138 valence electrons. The predicted molar refractivity (Wildman–Crippen MR) is 99.8 cm³/mol. The Morgan fingerprint density at radius 1 is 1.22 bits per heavy atom. The van der Waals surface area contributed by atoms with Crippen molar-refractivity contribution in [1.29, 1.82) is 0 Å². The Morgan fingerprint density at radius 2 is 2.04 bits per heavy atom. The molecule has 0 spiro atoms. The molecule has 2 aromatic carbocycles. The van der Waals surface area contributed by atoms with Crippen LogP contribution in [-0.4, -0.2) is 34.8 Å². The number of methoxy groups -OCH3 is 1. The molecule has 1 N–H and O–H groups in total. The molecule has 27 heavy (non-hydrogen) atoms. The van der Waals surface area contributed by atoms with Gasteiger partial charge in [-0.1, -0.05) is 12.1 Å². The summed E-state index contributed by atoms with van der Waals surface area (Å²) in [4.78, 5) is 27.4. The van der Waals surface area contributed by atoms with Crippen molar-refractivity contribution in [2.75, 3.05) is 7.11 Å². The van der Waals surface area contributed by atoms with E-state index >= 15 is 0 Å². The summed E-state index contributed by atoms with van der Waals surface area (Å²) < 4.78 is 12.0. The zero-order valence-corrected chi connectivity index (χ0v) is 14.9. The lowest BCUT2D eigenvalue weighted by Gasteiger charge is -2.08. The molecule has 0 fully saturated rings. The number of imidazole rings is 1. The Hall–Kier alpha value is -3.68. The van der Waals surface area contributed by atoms with E-state index in [-0.39, 0.29) is 12.5 Å². The molecule has 8 nitrogen and oxygen atoms in total. The second-order valence-electron chi connectivity index (χ2n) is 5.66. The highest BCUT2D eigenvalue weighted by Gasteiger charge is 2.08. The molecule has 1 aromatic heterocycles. The number of ether oxygens (including phenoxy) is 2. The first-order chi connectivity index (χ1) is 13.1. The molecule has 8 heteroatoms. The van der Waals surface area contributed by atoms with Crippen molar-refractivity contribution in [3.8, 4) is 11.5 Å². The Kier molecular flexibility index (Phi) is 5.46. The van der Waals surface area contributed by atoms with Gasteiger partial charge in [0.2, 0.25) is 0 Å². The van der Waals surface area contributed by atoms with E-state index in [1.54, 1.807) is 29.1 Å². The molecule has 0 aliphatic carbocycles. The number of carbonyl (C=O) groups excluding carboxylic acids is 2. The number of hydrogen-bond acceptors (Lipinski definition) is 6. The Morgan fingerprint density at radius 3 is 2.81 bits per heavy atom. The number of rotatable bonds is 6. The summed E-state index contributed by atoms with van der Waals surface area (Å²) in [5.74, 6) is -0.00422. The molecule has 3 rings (SSSR count). The van der Waals surface area contributed by atoms with Gasteiger partial charge in [-0.2, -0.15) is 5.10 Å². The average molecular weight is 366 g/mol. The van der Waals surface area contributed by atoms with Crippen LogP contribution in [0.2, 0.25) is 0 Å². The van der Waals surface area contributed by atoms with Gasteiger partial charge in [-0.05, 0) is 35.9 Å². The van der Waals surface area contributed by atoms with Gasteiger partial charge < -0.3 is 14.0 Å². The number of esters is 1. The summed E-state index contributed by atoms with van der Waals surface area (Å²) in [5, 5.41) is 3.95. The third-order valence-corrected chi connectivity index (χ3v) is 3.69. The Labute approximate surface area is 155 Å². The SMILES string of the molecule is COc1cc(/C=N\NC(=O)Cn2cnc3ccccc32)ccc1OC(C)=O. The molecule has 0 unspecified atom stereocenters. The molecular weight excluding hydrogens is 348 g/mol. The molecule has 0 bridgehead atoms. The highest BCUT2D eigenvalue weighted by Crippen LogP contribution is 2.27. The van der Waals surface area contributed by atoms with Crippen molar-refractivity contribution in [3.05, 3.63) is 54.4 Å². The number of aromatic nitrogens is 2. The maximum absolute atomic E-state index is 12.1. The fourth-order valence-electron chi connectivity index (χ4n) is 2.51. The minimum atomic E-state index is -0.436. The van der Waals surface area contributed by atoms with Gasteiger partial charge in [-0.3, -0.25) is 9.59 Å². The van der Waals surface area contributed by atoms with Crippen molar-refractivity contribution in [1.82, 2.24) is 15.0 Å². The van der Waals surface area contributed by atoms with Crippen LogP contribution in [0.5, 0.6) is 11.5 Å². The summed E-state index contributed by atoms with van der Waals surface area (Å²) in [6, 6.07) is 12.5. The summed E-state index contributed by atoms with van der Waals surface area (Å²) in [6.45, 7) is 1.42. The molecule has 0 radical (unpaired) electrons. The van der Waals surface area contributed by atoms with Crippen molar-refractivity contribution in [2.45, 2.75) is 13.5 Å². The number of amides is 1. The number of benzene rings is 2. The van der Waals surface area contributed by atoms with Crippen LogP contribution in [-0.2, 0) is 16.1 Å². The van der Waals surface area contributed by atoms with E-state index in [0.29, 0.717) is 17.1 Å². The maximum Gasteiger partial charge on any atom is 0.308 e. The van der Waals surface area contributed by atoms with E-state index in [4.69, 9.17) is 9.47 Å². The molecule has 0 saturated heterocycles. The highest BCUT2D eigenvalue weighted by atomic mass is 16.6. The summed E-state index contributed by atoms with van der Waals surface area (Å²) in [6.07, 6.45) is 3.09. The van der Waals surface area contributed by atoms with Gasteiger partial charge in [0.05, 0.1) is 30.7 Å². The minimum absolute atomic E-state index is 0.104. The zero-order chi connectivity index (χ0) is 19.2. The van der Waals surface area contributed by atoms with Crippen LogP contribution < -0.4 is 14.9 Å². The van der Waals surface area contributed by atoms with Gasteiger partial charge in [0.15, 0.2) is 11.5 Å². The van der Waals surface area contributed by atoms with Crippen LogP contribution in [0.3, 0.4) is 0 Å². The lowest BCUT2D eigenvalue weighted by atomic mass is 10.2. The first-order valence-corrected chi connectivity index (χ1v) is 8.15. The van der Waals surface area contributed by atoms with Gasteiger partial charge in [-0.25, -0.2) is 10.4 Å². The largest absolute Gasteiger partial charge is 0.493 e. The molecule has 0 atom stereocenters. The van der Waals surface area contributed by atoms with Gasteiger partial charge in [0, 0.05) is 6.92 Å². The molecule has 1 amide bonds. The van der Waals surface area contributed by atoms with E-state index in [1.165, 1.54) is 20.2 Å². The van der Waals surface area contributed by atoms with E-state index < -0.39 is 5.97 Å². The van der Waals surface area contributed by atoms with Gasteiger partial charge >= 0.3 is 5.97 Å². The standard InChI is InChI=1S/C19H18N4O4/c1-13(24)27-17-8-7-14(9-18(17)26-2)10-21-22-19(25)11-23-12-20-15-5-3-4-6-16(15)23/h3-10,12H,11H2,1-2H3,(H,22,25)/b21-10-. The zero-order valence-electron chi connectivity index (χ0n) is 14.9. The van der Waals surface area contributed by atoms with Crippen molar-refractivity contribution >= 4 is 29.1 Å². The topological polar surface area (TPSA) is 94.8 Å². The number of carbonyl (C=O) groups is 2. The number of fused-ring (bicyclic) bond motifs is 1. The molecule has 0 aliphatic heterocycles. The van der Waals surface area contributed by atoms with Gasteiger partial charge in [-0.15, -0.1) is 0 Å². The van der Waals surface area contributed by atoms with E-state index in [2.05, 4.69) is 15.5 Å². The lowest BCUT2D eigenvalue weighted by Crippen LogP contribution is -2.22. The van der Waals surface area contributed by atoms with Crippen molar-refractivity contribution in [2.24, 2.45) is 5.10 Å². The first kappa shape index (κ1) is 18.1. The van der Waals surface area contributed by atoms with Crippen molar-refractivity contribution in [3.63, 3.8) is 0 Å². The number of para-hydroxylation sites is 2. The van der Waals surface area contributed by atoms with E-state index in [1.807, 2.05) is 24.3 Å². The van der Waals surface area contributed by atoms with E-state index in [9.17, 15) is 9.59 Å². The fourth-order valence-corrected chi connectivity index (χ4v) is 2.51. The minimum Gasteiger partial charge on any atom is -0.493 e. The number of nitrogens with zero attached hydrogens (tertiary/aromatic N) is 3. The third-order valence-electron chi connectivity index (χ3n) is 3.69. The first-order valence-electron chi connectivity index (χ1n) is 8.15. The normalized spacial score (nSPS) is 10.9. The number of hydrogen-bond donors (Lipinski definition) is 1. The van der Waals surface area contributed by atoms with Crippen LogP contribution in [0.25, 0.3) is 11.0 Å². The lowest BCUT2D eigenvalue weighted by molar-refractivity contribution is -0.132. The molecule has 0 saturated carbocycles. The van der Waals surface area contributed by atoms with Crippen molar-refractivity contribution < 1.29 is 19.1 Å². The summed E-state index contributed by atoms with van der Waals surface area (Å²) in [7, 11) is 1.47. The molecule has 0 aliphatic rings. The Bertz CT molecular complexity index is 1010. The average Bonchev–Trinajstić information content (AvgIpc) is 3.05. The smallest absolute Gasteiger partial charge is 0.308 e.